The number of aromatic nitrogens is 3. The smallest absolute Gasteiger partial charge is 0.242 e. The van der Waals surface area contributed by atoms with Crippen LogP contribution in [-0.4, -0.2) is 46.3 Å². The standard InChI is InChI=1S/C16H22N6O/c17-15-14(20-21-16(18)19-15)12-5-4-6-13(11-12)23-10-9-22-7-2-1-3-8-22/h4-6,11H,1-3,7-10H2,(H4,17,18,19,21). The molecule has 0 unspecified atom stereocenters. The molecule has 2 aromatic rings. The van der Waals surface area contributed by atoms with Gasteiger partial charge in [0.25, 0.3) is 0 Å². The Balaban J connectivity index is 1.62. The van der Waals surface area contributed by atoms with Crippen LogP contribution >= 0.6 is 0 Å². The second-order valence-corrected chi connectivity index (χ2v) is 5.68. The first-order valence-electron chi connectivity index (χ1n) is 7.93. The van der Waals surface area contributed by atoms with Gasteiger partial charge in [-0.3, -0.25) is 4.90 Å². The van der Waals surface area contributed by atoms with Gasteiger partial charge in [0.1, 0.15) is 18.1 Å². The van der Waals surface area contributed by atoms with Crippen LogP contribution < -0.4 is 16.2 Å². The van der Waals surface area contributed by atoms with Gasteiger partial charge in [0.15, 0.2) is 5.82 Å². The molecule has 23 heavy (non-hydrogen) atoms. The van der Waals surface area contributed by atoms with Gasteiger partial charge in [0.2, 0.25) is 5.95 Å². The fourth-order valence-corrected chi connectivity index (χ4v) is 2.77. The quantitative estimate of drug-likeness (QED) is 0.863. The van der Waals surface area contributed by atoms with Crippen LogP contribution in [-0.2, 0) is 0 Å². The van der Waals surface area contributed by atoms with E-state index in [2.05, 4.69) is 20.1 Å². The van der Waals surface area contributed by atoms with Crippen molar-refractivity contribution in [2.45, 2.75) is 19.3 Å². The molecule has 0 saturated carbocycles. The molecular weight excluding hydrogens is 292 g/mol. The molecule has 0 radical (unpaired) electrons. The number of hydrogen-bond donors (Lipinski definition) is 2. The lowest BCUT2D eigenvalue weighted by Gasteiger charge is -2.26. The Kier molecular flexibility index (Phi) is 4.87. The van der Waals surface area contributed by atoms with Gasteiger partial charge < -0.3 is 16.2 Å². The van der Waals surface area contributed by atoms with Crippen LogP contribution in [0.5, 0.6) is 5.75 Å². The van der Waals surface area contributed by atoms with E-state index in [9.17, 15) is 0 Å². The lowest BCUT2D eigenvalue weighted by molar-refractivity contribution is 0.183. The number of benzene rings is 1. The zero-order valence-electron chi connectivity index (χ0n) is 13.1. The van der Waals surface area contributed by atoms with Crippen LogP contribution in [0.1, 0.15) is 19.3 Å². The van der Waals surface area contributed by atoms with Crippen molar-refractivity contribution in [1.29, 1.82) is 0 Å². The predicted octanol–water partition coefficient (Wildman–Crippen LogP) is 1.57. The lowest BCUT2D eigenvalue weighted by Crippen LogP contribution is -2.33. The summed E-state index contributed by atoms with van der Waals surface area (Å²) in [5.41, 5.74) is 12.7. The molecule has 7 heteroatoms. The van der Waals surface area contributed by atoms with Crippen molar-refractivity contribution in [1.82, 2.24) is 20.1 Å². The van der Waals surface area contributed by atoms with Crippen molar-refractivity contribution in [2.75, 3.05) is 37.7 Å². The van der Waals surface area contributed by atoms with Gasteiger partial charge in [-0.05, 0) is 38.1 Å². The SMILES string of the molecule is Nc1nnc(-c2cccc(OCCN3CCCCC3)c2)c(N)n1. The fraction of sp³-hybridized carbons (Fsp3) is 0.438. The number of ether oxygens (including phenoxy) is 1. The minimum Gasteiger partial charge on any atom is -0.492 e. The van der Waals surface area contributed by atoms with Crippen molar-refractivity contribution < 1.29 is 4.74 Å². The zero-order valence-corrected chi connectivity index (χ0v) is 13.1. The van der Waals surface area contributed by atoms with Crippen molar-refractivity contribution in [3.8, 4) is 17.0 Å². The first-order valence-corrected chi connectivity index (χ1v) is 7.93. The molecule has 0 bridgehead atoms. The predicted molar refractivity (Wildman–Crippen MR) is 89.9 cm³/mol. The summed E-state index contributed by atoms with van der Waals surface area (Å²) < 4.78 is 5.86. The fourth-order valence-electron chi connectivity index (χ4n) is 2.77. The molecule has 0 aliphatic carbocycles. The van der Waals surface area contributed by atoms with Gasteiger partial charge in [0, 0.05) is 12.1 Å². The van der Waals surface area contributed by atoms with Crippen LogP contribution in [0.2, 0.25) is 0 Å². The van der Waals surface area contributed by atoms with Crippen molar-refractivity contribution >= 4 is 11.8 Å². The number of rotatable bonds is 5. The Morgan fingerprint density at radius 1 is 1.09 bits per heavy atom. The molecule has 1 saturated heterocycles. The van der Waals surface area contributed by atoms with Crippen LogP contribution in [0.15, 0.2) is 24.3 Å². The molecule has 0 spiro atoms. The average Bonchev–Trinajstić information content (AvgIpc) is 2.56. The second kappa shape index (κ2) is 7.23. The van der Waals surface area contributed by atoms with Crippen LogP contribution in [0.4, 0.5) is 11.8 Å². The van der Waals surface area contributed by atoms with E-state index in [4.69, 9.17) is 16.2 Å². The molecule has 1 aromatic carbocycles. The highest BCUT2D eigenvalue weighted by atomic mass is 16.5. The molecule has 4 N–H and O–H groups in total. The molecule has 1 aromatic heterocycles. The molecule has 3 rings (SSSR count). The summed E-state index contributed by atoms with van der Waals surface area (Å²) in [6.07, 6.45) is 3.92. The highest BCUT2D eigenvalue weighted by Gasteiger charge is 2.11. The first kappa shape index (κ1) is 15.5. The monoisotopic (exact) mass is 314 g/mol. The summed E-state index contributed by atoms with van der Waals surface area (Å²) in [6.45, 7) is 3.97. The van der Waals surface area contributed by atoms with Crippen molar-refractivity contribution in [2.24, 2.45) is 0 Å². The Morgan fingerprint density at radius 2 is 1.91 bits per heavy atom. The third kappa shape index (κ3) is 4.07. The summed E-state index contributed by atoms with van der Waals surface area (Å²) in [4.78, 5) is 6.38. The van der Waals surface area contributed by atoms with Gasteiger partial charge in [-0.25, -0.2) is 0 Å². The van der Waals surface area contributed by atoms with Crippen LogP contribution in [0.25, 0.3) is 11.3 Å². The van der Waals surface area contributed by atoms with Gasteiger partial charge in [0.05, 0.1) is 0 Å². The summed E-state index contributed by atoms with van der Waals surface area (Å²) in [6, 6.07) is 7.63. The van der Waals surface area contributed by atoms with E-state index < -0.39 is 0 Å². The lowest BCUT2D eigenvalue weighted by atomic mass is 10.1. The number of hydrogen-bond acceptors (Lipinski definition) is 7. The normalized spacial score (nSPS) is 15.5. The van der Waals surface area contributed by atoms with Crippen LogP contribution in [0.3, 0.4) is 0 Å². The summed E-state index contributed by atoms with van der Waals surface area (Å²) in [7, 11) is 0. The molecule has 0 atom stereocenters. The van der Waals surface area contributed by atoms with E-state index in [0.717, 1.165) is 17.9 Å². The third-order valence-electron chi connectivity index (χ3n) is 3.96. The van der Waals surface area contributed by atoms with Crippen molar-refractivity contribution in [3.63, 3.8) is 0 Å². The average molecular weight is 314 g/mol. The molecule has 2 heterocycles. The van der Waals surface area contributed by atoms with Gasteiger partial charge in [-0.1, -0.05) is 18.6 Å². The van der Waals surface area contributed by atoms with E-state index in [0.29, 0.717) is 12.3 Å². The summed E-state index contributed by atoms with van der Waals surface area (Å²) in [5, 5.41) is 7.78. The topological polar surface area (TPSA) is 103 Å². The second-order valence-electron chi connectivity index (χ2n) is 5.68. The van der Waals surface area contributed by atoms with E-state index >= 15 is 0 Å². The maximum atomic E-state index is 5.86. The number of piperidine rings is 1. The molecular formula is C16H22N6O. The number of anilines is 2. The Hall–Kier alpha value is -2.41. The largest absolute Gasteiger partial charge is 0.492 e. The minimum absolute atomic E-state index is 0.0696. The Labute approximate surface area is 135 Å². The molecule has 1 aliphatic rings. The highest BCUT2D eigenvalue weighted by molar-refractivity contribution is 5.70. The number of nitrogens with zero attached hydrogens (tertiary/aromatic N) is 4. The minimum atomic E-state index is 0.0696. The Morgan fingerprint density at radius 3 is 2.70 bits per heavy atom. The van der Waals surface area contributed by atoms with E-state index in [1.54, 1.807) is 0 Å². The van der Waals surface area contributed by atoms with E-state index in [1.807, 2.05) is 24.3 Å². The number of nitrogens with two attached hydrogens (primary N) is 2. The van der Waals surface area contributed by atoms with Gasteiger partial charge >= 0.3 is 0 Å². The van der Waals surface area contributed by atoms with Gasteiger partial charge in [-0.15, -0.1) is 10.2 Å². The third-order valence-corrected chi connectivity index (χ3v) is 3.96. The molecule has 7 nitrogen and oxygen atoms in total. The maximum absolute atomic E-state index is 5.86. The summed E-state index contributed by atoms with van der Waals surface area (Å²) >= 11 is 0. The highest BCUT2D eigenvalue weighted by Crippen LogP contribution is 2.25. The van der Waals surface area contributed by atoms with Gasteiger partial charge in [-0.2, -0.15) is 4.98 Å². The number of nitrogen functional groups attached to an aromatic ring is 2. The molecule has 0 amide bonds. The molecule has 1 aliphatic heterocycles. The number of likely N-dealkylation sites (tertiary alicyclic amines) is 1. The molecule has 122 valence electrons. The van der Waals surface area contributed by atoms with Crippen LogP contribution in [0, 0.1) is 0 Å². The van der Waals surface area contributed by atoms with E-state index in [1.165, 1.54) is 32.4 Å². The summed E-state index contributed by atoms with van der Waals surface area (Å²) in [5.74, 6) is 1.13. The molecule has 1 fully saturated rings. The zero-order chi connectivity index (χ0) is 16.1. The van der Waals surface area contributed by atoms with E-state index in [-0.39, 0.29) is 11.8 Å². The van der Waals surface area contributed by atoms with Crippen molar-refractivity contribution in [3.05, 3.63) is 24.3 Å². The Bertz CT molecular complexity index is 657. The first-order chi connectivity index (χ1) is 11.2. The maximum Gasteiger partial charge on any atom is 0.242 e.